The third-order valence-electron chi connectivity index (χ3n) is 3.31. The molecule has 1 amide bonds. The Morgan fingerprint density at radius 3 is 2.75 bits per heavy atom. The fraction of sp³-hybridized carbons (Fsp3) is 0.0588. The van der Waals surface area contributed by atoms with E-state index in [2.05, 4.69) is 26.2 Å². The predicted molar refractivity (Wildman–Crippen MR) is 90.2 cm³/mol. The molecule has 118 valence electrons. The van der Waals surface area contributed by atoms with E-state index in [1.54, 1.807) is 42.5 Å². The quantitative estimate of drug-likeness (QED) is 0.548. The van der Waals surface area contributed by atoms with E-state index in [1.165, 1.54) is 12.3 Å². The van der Waals surface area contributed by atoms with Crippen molar-refractivity contribution >= 4 is 44.4 Å². The van der Waals surface area contributed by atoms with E-state index in [-0.39, 0.29) is 11.6 Å². The van der Waals surface area contributed by atoms with Gasteiger partial charge in [0.25, 0.3) is 5.91 Å². The Kier molecular flexibility index (Phi) is 4.40. The standard InChI is InChI=1S/C17H10BrN3O3/c18-12-5-3-4-10-8-13(24-16(10)12)15(22)11(9-19)17(23)21-14-6-1-2-7-20-14/h1-8,11H,(H,20,21,23)/t11-/m0/s1. The molecular formula is C17H10BrN3O3. The van der Waals surface area contributed by atoms with Crippen LogP contribution in [0.15, 0.2) is 57.6 Å². The third kappa shape index (κ3) is 3.05. The van der Waals surface area contributed by atoms with Crippen LogP contribution >= 0.6 is 15.9 Å². The van der Waals surface area contributed by atoms with Crippen LogP contribution in [0.5, 0.6) is 0 Å². The number of Topliss-reactive ketones (excluding diaryl/α,β-unsaturated/α-hetero) is 1. The van der Waals surface area contributed by atoms with Gasteiger partial charge in [0, 0.05) is 11.6 Å². The highest BCUT2D eigenvalue weighted by atomic mass is 79.9. The number of pyridine rings is 1. The zero-order valence-corrected chi connectivity index (χ0v) is 13.8. The number of hydrogen-bond donors (Lipinski definition) is 1. The van der Waals surface area contributed by atoms with E-state index in [9.17, 15) is 14.9 Å². The van der Waals surface area contributed by atoms with E-state index in [0.29, 0.717) is 15.4 Å². The highest BCUT2D eigenvalue weighted by molar-refractivity contribution is 9.10. The molecule has 0 aliphatic carbocycles. The minimum absolute atomic E-state index is 0.0420. The smallest absolute Gasteiger partial charge is 0.251 e. The second-order valence-electron chi connectivity index (χ2n) is 4.90. The number of aromatic nitrogens is 1. The first kappa shape index (κ1) is 15.9. The summed E-state index contributed by atoms with van der Waals surface area (Å²) < 4.78 is 6.19. The van der Waals surface area contributed by atoms with Crippen molar-refractivity contribution < 1.29 is 14.0 Å². The lowest BCUT2D eigenvalue weighted by Gasteiger charge is -2.07. The first-order chi connectivity index (χ1) is 11.6. The molecule has 0 aliphatic rings. The molecule has 0 aliphatic heterocycles. The largest absolute Gasteiger partial charge is 0.452 e. The number of benzene rings is 1. The Bertz CT molecular complexity index is 960. The summed E-state index contributed by atoms with van der Waals surface area (Å²) in [6.07, 6.45) is 1.50. The number of amides is 1. The Morgan fingerprint density at radius 2 is 2.08 bits per heavy atom. The molecule has 0 bridgehead atoms. The van der Waals surface area contributed by atoms with Crippen molar-refractivity contribution in [2.75, 3.05) is 5.32 Å². The summed E-state index contributed by atoms with van der Waals surface area (Å²) in [5.74, 6) is -2.75. The lowest BCUT2D eigenvalue weighted by atomic mass is 10.0. The highest BCUT2D eigenvalue weighted by Gasteiger charge is 2.30. The van der Waals surface area contributed by atoms with Crippen LogP contribution in [0.4, 0.5) is 5.82 Å². The number of hydrogen-bond acceptors (Lipinski definition) is 5. The van der Waals surface area contributed by atoms with Gasteiger partial charge >= 0.3 is 0 Å². The summed E-state index contributed by atoms with van der Waals surface area (Å²) in [4.78, 5) is 28.6. The summed E-state index contributed by atoms with van der Waals surface area (Å²) >= 11 is 3.33. The first-order valence-electron chi connectivity index (χ1n) is 6.94. The molecule has 3 rings (SSSR count). The molecule has 0 fully saturated rings. The number of rotatable bonds is 4. The van der Waals surface area contributed by atoms with Crippen molar-refractivity contribution in [3.8, 4) is 6.07 Å². The molecule has 1 atom stereocenters. The van der Waals surface area contributed by atoms with Crippen LogP contribution in [-0.4, -0.2) is 16.7 Å². The van der Waals surface area contributed by atoms with Crippen LogP contribution in [-0.2, 0) is 4.79 Å². The van der Waals surface area contributed by atoms with Crippen LogP contribution in [0.1, 0.15) is 10.6 Å². The number of carbonyl (C=O) groups excluding carboxylic acids is 2. The van der Waals surface area contributed by atoms with Crippen molar-refractivity contribution in [1.29, 1.82) is 5.26 Å². The lowest BCUT2D eigenvalue weighted by Crippen LogP contribution is -2.28. The van der Waals surface area contributed by atoms with Gasteiger partial charge < -0.3 is 9.73 Å². The molecule has 7 heteroatoms. The van der Waals surface area contributed by atoms with Crippen molar-refractivity contribution in [1.82, 2.24) is 4.98 Å². The molecule has 0 saturated heterocycles. The molecule has 1 N–H and O–H groups in total. The Hall–Kier alpha value is -2.98. The van der Waals surface area contributed by atoms with E-state index in [4.69, 9.17) is 4.42 Å². The van der Waals surface area contributed by atoms with E-state index >= 15 is 0 Å². The van der Waals surface area contributed by atoms with Gasteiger partial charge in [-0.3, -0.25) is 9.59 Å². The average Bonchev–Trinajstić information content (AvgIpc) is 3.02. The number of nitrogens with one attached hydrogen (secondary N) is 1. The molecule has 2 aromatic heterocycles. The summed E-state index contributed by atoms with van der Waals surface area (Å²) in [5, 5.41) is 12.4. The molecule has 3 aromatic rings. The van der Waals surface area contributed by atoms with Gasteiger partial charge in [0.1, 0.15) is 11.4 Å². The number of carbonyl (C=O) groups is 2. The number of ketones is 1. The predicted octanol–water partition coefficient (Wildman–Crippen LogP) is 3.55. The van der Waals surface area contributed by atoms with Crippen LogP contribution in [0.25, 0.3) is 11.0 Å². The fourth-order valence-electron chi connectivity index (χ4n) is 2.16. The van der Waals surface area contributed by atoms with Crippen molar-refractivity contribution in [2.24, 2.45) is 5.92 Å². The normalized spacial score (nSPS) is 11.7. The highest BCUT2D eigenvalue weighted by Crippen LogP contribution is 2.28. The zero-order valence-electron chi connectivity index (χ0n) is 12.2. The molecular weight excluding hydrogens is 374 g/mol. The van der Waals surface area contributed by atoms with Gasteiger partial charge in [-0.25, -0.2) is 4.98 Å². The summed E-state index contributed by atoms with van der Waals surface area (Å²) in [5.41, 5.74) is 0.489. The van der Waals surface area contributed by atoms with Gasteiger partial charge in [0.2, 0.25) is 5.78 Å². The minimum atomic E-state index is -1.52. The lowest BCUT2D eigenvalue weighted by molar-refractivity contribution is -0.117. The molecule has 2 heterocycles. The number of nitriles is 1. The van der Waals surface area contributed by atoms with Gasteiger partial charge in [0.05, 0.1) is 10.5 Å². The number of fused-ring (bicyclic) bond motifs is 1. The van der Waals surface area contributed by atoms with Crippen LogP contribution in [0.2, 0.25) is 0 Å². The first-order valence-corrected chi connectivity index (χ1v) is 7.73. The van der Waals surface area contributed by atoms with E-state index in [1.807, 2.05) is 0 Å². The van der Waals surface area contributed by atoms with Gasteiger partial charge in [0.15, 0.2) is 11.7 Å². The van der Waals surface area contributed by atoms with Gasteiger partial charge in [-0.1, -0.05) is 18.2 Å². The SMILES string of the molecule is N#C[C@H](C(=O)Nc1ccccn1)C(=O)c1cc2cccc(Br)c2o1. The Balaban J connectivity index is 1.87. The van der Waals surface area contributed by atoms with Crippen molar-refractivity contribution in [2.45, 2.75) is 0 Å². The van der Waals surface area contributed by atoms with E-state index in [0.717, 1.165) is 0 Å². The maximum atomic E-state index is 12.5. The van der Waals surface area contributed by atoms with E-state index < -0.39 is 17.6 Å². The second kappa shape index (κ2) is 6.64. The molecule has 0 spiro atoms. The third-order valence-corrected chi connectivity index (χ3v) is 3.93. The van der Waals surface area contributed by atoms with Crippen LogP contribution in [0.3, 0.4) is 0 Å². The molecule has 6 nitrogen and oxygen atoms in total. The number of para-hydroxylation sites is 1. The van der Waals surface area contributed by atoms with Gasteiger partial charge in [-0.2, -0.15) is 5.26 Å². The molecule has 24 heavy (non-hydrogen) atoms. The summed E-state index contributed by atoms with van der Waals surface area (Å²) in [7, 11) is 0. The average molecular weight is 384 g/mol. The van der Waals surface area contributed by atoms with Crippen molar-refractivity contribution in [3.05, 3.63) is 58.9 Å². The van der Waals surface area contributed by atoms with Crippen molar-refractivity contribution in [3.63, 3.8) is 0 Å². The Labute approximate surface area is 145 Å². The topological polar surface area (TPSA) is 96.0 Å². The van der Waals surface area contributed by atoms with Gasteiger partial charge in [-0.05, 0) is 40.2 Å². The van der Waals surface area contributed by atoms with Gasteiger partial charge in [-0.15, -0.1) is 0 Å². The zero-order chi connectivity index (χ0) is 17.1. The van der Waals surface area contributed by atoms with Crippen LogP contribution in [0, 0.1) is 17.2 Å². The molecule has 0 unspecified atom stereocenters. The minimum Gasteiger partial charge on any atom is -0.452 e. The number of nitrogens with zero attached hydrogens (tertiary/aromatic N) is 2. The number of furan rings is 1. The summed E-state index contributed by atoms with van der Waals surface area (Å²) in [6, 6.07) is 13.5. The maximum Gasteiger partial charge on any atom is 0.251 e. The number of anilines is 1. The monoisotopic (exact) mass is 383 g/mol. The molecule has 0 radical (unpaired) electrons. The molecule has 1 aromatic carbocycles. The molecule has 0 saturated carbocycles. The Morgan fingerprint density at radius 1 is 1.25 bits per heavy atom. The van der Waals surface area contributed by atoms with Crippen LogP contribution < -0.4 is 5.32 Å². The maximum absolute atomic E-state index is 12.5. The fourth-order valence-corrected chi connectivity index (χ4v) is 2.63. The second-order valence-corrected chi connectivity index (χ2v) is 5.75. The number of halogens is 1. The summed E-state index contributed by atoms with van der Waals surface area (Å²) in [6.45, 7) is 0.